The third kappa shape index (κ3) is 7.60. The van der Waals surface area contributed by atoms with Crippen LogP contribution in [0.15, 0.2) is 60.7 Å². The molecule has 8 heteroatoms. The van der Waals surface area contributed by atoms with Gasteiger partial charge in [-0.1, -0.05) is 56.0 Å². The molecule has 0 aliphatic heterocycles. The van der Waals surface area contributed by atoms with Crippen molar-refractivity contribution in [3.05, 3.63) is 77.6 Å². The maximum atomic E-state index is 13.6. The summed E-state index contributed by atoms with van der Waals surface area (Å²) in [5.74, 6) is 4.53. The first kappa shape index (κ1) is 26.3. The van der Waals surface area contributed by atoms with E-state index in [9.17, 15) is 18.9 Å². The number of halogens is 1. The second-order valence-corrected chi connectivity index (χ2v) is 9.71. The molecule has 1 heterocycles. The van der Waals surface area contributed by atoms with Crippen LogP contribution in [0.5, 0.6) is 0 Å². The van der Waals surface area contributed by atoms with Crippen LogP contribution in [0.25, 0.3) is 22.5 Å². The molecule has 0 saturated heterocycles. The first-order valence-corrected chi connectivity index (χ1v) is 12.7. The Morgan fingerprint density at radius 1 is 1.11 bits per heavy atom. The van der Waals surface area contributed by atoms with Gasteiger partial charge < -0.3 is 14.7 Å². The van der Waals surface area contributed by atoms with Gasteiger partial charge in [-0.05, 0) is 41.8 Å². The van der Waals surface area contributed by atoms with Crippen molar-refractivity contribution >= 4 is 14.0 Å². The van der Waals surface area contributed by atoms with Gasteiger partial charge in [0.05, 0.1) is 29.5 Å². The molecule has 182 valence electrons. The largest absolute Gasteiger partial charge is 0.481 e. The highest BCUT2D eigenvalue weighted by atomic mass is 31.1. The molecule has 2 unspecified atom stereocenters. The third-order valence-corrected chi connectivity index (χ3v) is 6.46. The van der Waals surface area contributed by atoms with Crippen molar-refractivity contribution in [2.75, 3.05) is 12.8 Å². The zero-order valence-corrected chi connectivity index (χ0v) is 20.5. The molecular formula is C27H27FNO5P. The number of aliphatic hydroxyl groups is 1. The average Bonchev–Trinajstić information content (AvgIpc) is 2.82. The lowest BCUT2D eigenvalue weighted by Crippen LogP contribution is -2.15. The van der Waals surface area contributed by atoms with Gasteiger partial charge >= 0.3 is 5.97 Å². The van der Waals surface area contributed by atoms with Crippen LogP contribution in [0.2, 0.25) is 0 Å². The first-order valence-electron chi connectivity index (χ1n) is 11.1. The van der Waals surface area contributed by atoms with Crippen LogP contribution in [0.4, 0.5) is 4.39 Å². The predicted molar refractivity (Wildman–Crippen MR) is 134 cm³/mol. The average molecular weight is 495 g/mol. The molecule has 6 nitrogen and oxygen atoms in total. The highest BCUT2D eigenvalue weighted by Gasteiger charge is 2.17. The number of pyridine rings is 1. The van der Waals surface area contributed by atoms with Gasteiger partial charge in [-0.2, -0.15) is 0 Å². The second kappa shape index (κ2) is 12.4. The molecule has 0 aliphatic rings. The van der Waals surface area contributed by atoms with E-state index >= 15 is 0 Å². The van der Waals surface area contributed by atoms with Gasteiger partial charge in [-0.25, -0.2) is 9.37 Å². The maximum Gasteiger partial charge on any atom is 0.305 e. The van der Waals surface area contributed by atoms with Crippen LogP contribution in [-0.4, -0.2) is 40.0 Å². The summed E-state index contributed by atoms with van der Waals surface area (Å²) < 4.78 is 30.9. The highest BCUT2D eigenvalue weighted by molar-refractivity contribution is 7.39. The Labute approximate surface area is 204 Å². The normalized spacial score (nSPS) is 12.6. The van der Waals surface area contributed by atoms with E-state index in [1.165, 1.54) is 12.1 Å². The molecule has 0 bridgehead atoms. The van der Waals surface area contributed by atoms with Crippen molar-refractivity contribution < 1.29 is 28.5 Å². The molecule has 2 aromatic carbocycles. The van der Waals surface area contributed by atoms with Gasteiger partial charge in [0.1, 0.15) is 12.4 Å². The van der Waals surface area contributed by atoms with E-state index in [0.717, 1.165) is 16.8 Å². The minimum absolute atomic E-state index is 0.107. The van der Waals surface area contributed by atoms with Gasteiger partial charge in [0.15, 0.2) is 8.03 Å². The minimum atomic E-state index is -2.65. The van der Waals surface area contributed by atoms with Crippen molar-refractivity contribution in [2.45, 2.75) is 32.3 Å². The van der Waals surface area contributed by atoms with Gasteiger partial charge in [-0.15, -0.1) is 0 Å². The molecule has 1 aromatic heterocycles. The number of carboxylic acids is 1. The molecule has 0 amide bonds. The fraction of sp³-hybridized carbons (Fsp3) is 0.259. The molecule has 3 rings (SSSR count). The van der Waals surface area contributed by atoms with Crippen molar-refractivity contribution in [3.63, 3.8) is 0 Å². The van der Waals surface area contributed by atoms with E-state index in [2.05, 4.69) is 11.8 Å². The number of hydrogen-bond donors (Lipinski definition) is 2. The maximum absolute atomic E-state index is 13.6. The van der Waals surface area contributed by atoms with E-state index in [1.807, 2.05) is 50.2 Å². The Kier molecular flexibility index (Phi) is 9.33. The number of aliphatic hydroxyl groups excluding tert-OH is 1. The van der Waals surface area contributed by atoms with Gasteiger partial charge in [0.25, 0.3) is 0 Å². The van der Waals surface area contributed by atoms with Gasteiger partial charge in [0.2, 0.25) is 0 Å². The second-order valence-electron chi connectivity index (χ2n) is 8.27. The fourth-order valence-corrected chi connectivity index (χ4v) is 4.37. The third-order valence-electron chi connectivity index (χ3n) is 5.19. The number of carbonyl (C=O) groups is 1. The molecule has 0 spiro atoms. The monoisotopic (exact) mass is 495 g/mol. The summed E-state index contributed by atoms with van der Waals surface area (Å²) in [6.07, 6.45) is -1.98. The van der Waals surface area contributed by atoms with Crippen LogP contribution < -0.4 is 0 Å². The molecule has 0 aliphatic carbocycles. The summed E-state index contributed by atoms with van der Waals surface area (Å²) in [6, 6.07) is 17.8. The van der Waals surface area contributed by atoms with Gasteiger partial charge in [-0.3, -0.25) is 9.36 Å². The Hall–Kier alpha value is -3.30. The smallest absolute Gasteiger partial charge is 0.305 e. The van der Waals surface area contributed by atoms with E-state index in [1.54, 1.807) is 12.1 Å². The Balaban J connectivity index is 1.95. The van der Waals surface area contributed by atoms with Crippen LogP contribution in [-0.2, 0) is 13.9 Å². The van der Waals surface area contributed by atoms with E-state index in [-0.39, 0.29) is 24.5 Å². The minimum Gasteiger partial charge on any atom is -0.481 e. The van der Waals surface area contributed by atoms with Crippen LogP contribution in [0.3, 0.4) is 0 Å². The van der Waals surface area contributed by atoms with Crippen LogP contribution >= 0.6 is 8.03 Å². The molecule has 3 aromatic rings. The number of benzene rings is 2. The van der Waals surface area contributed by atoms with Crippen LogP contribution in [0, 0.1) is 17.7 Å². The Morgan fingerprint density at radius 2 is 1.80 bits per heavy atom. The molecule has 2 atom stereocenters. The summed E-state index contributed by atoms with van der Waals surface area (Å²) >= 11 is 0. The molecule has 0 radical (unpaired) electrons. The lowest BCUT2D eigenvalue weighted by Gasteiger charge is -2.16. The molecule has 2 N–H and O–H groups in total. The lowest BCUT2D eigenvalue weighted by atomic mass is 9.92. The zero-order chi connectivity index (χ0) is 25.4. The fourth-order valence-electron chi connectivity index (χ4n) is 3.49. The lowest BCUT2D eigenvalue weighted by molar-refractivity contribution is -0.138. The number of carboxylic acid groups (broad SMARTS) is 1. The van der Waals surface area contributed by atoms with Crippen LogP contribution in [0.1, 0.15) is 37.3 Å². The van der Waals surface area contributed by atoms with Crippen molar-refractivity contribution in [1.82, 2.24) is 4.98 Å². The standard InChI is InChI=1S/C27H27FNO5P/c1-18(2)24-16-25(19-7-4-3-5-8-19)29-27(20-10-12-21(28)13-11-20)23(24)9-6-14-34-35(33)17-22(30)15-26(31)32/h3-5,7-8,10-13,16,18,22,30,35H,14-15,17H2,1-2H3,(H,31,32). The number of hydrogen-bond acceptors (Lipinski definition) is 5. The number of nitrogens with zero attached hydrogens (tertiary/aromatic N) is 1. The summed E-state index contributed by atoms with van der Waals surface area (Å²) in [5, 5.41) is 18.3. The van der Waals surface area contributed by atoms with E-state index < -0.39 is 26.5 Å². The van der Waals surface area contributed by atoms with E-state index in [4.69, 9.17) is 14.6 Å². The zero-order valence-electron chi connectivity index (χ0n) is 19.5. The van der Waals surface area contributed by atoms with Crippen molar-refractivity contribution in [3.8, 4) is 34.4 Å². The molecular weight excluding hydrogens is 468 g/mol. The van der Waals surface area contributed by atoms with E-state index in [0.29, 0.717) is 16.8 Å². The SMILES string of the molecule is CC(C)c1cc(-c2ccccc2)nc(-c2ccc(F)cc2)c1C#CCO[PH](=O)CC(O)CC(=O)O. The van der Waals surface area contributed by atoms with Crippen molar-refractivity contribution in [1.29, 1.82) is 0 Å². The first-order chi connectivity index (χ1) is 16.7. The summed E-state index contributed by atoms with van der Waals surface area (Å²) in [4.78, 5) is 15.5. The van der Waals surface area contributed by atoms with Crippen molar-refractivity contribution in [2.24, 2.45) is 0 Å². The topological polar surface area (TPSA) is 96.7 Å². The summed E-state index contributed by atoms with van der Waals surface area (Å²) in [6.45, 7) is 3.93. The molecule has 0 fully saturated rings. The Bertz CT molecular complexity index is 1250. The molecule has 35 heavy (non-hydrogen) atoms. The van der Waals surface area contributed by atoms with Gasteiger partial charge in [0, 0.05) is 17.3 Å². The quantitative estimate of drug-likeness (QED) is 0.307. The number of rotatable bonds is 9. The highest BCUT2D eigenvalue weighted by Crippen LogP contribution is 2.32. The Morgan fingerprint density at radius 3 is 2.43 bits per heavy atom. The number of aromatic nitrogens is 1. The summed E-state index contributed by atoms with van der Waals surface area (Å²) in [7, 11) is -2.65. The number of aliphatic carboxylic acids is 1. The predicted octanol–water partition coefficient (Wildman–Crippen LogP) is 5.36. The summed E-state index contributed by atoms with van der Waals surface area (Å²) in [5.41, 5.74) is 4.65. The molecule has 0 saturated carbocycles.